The Morgan fingerprint density at radius 3 is 2.59 bits per heavy atom. The van der Waals surface area contributed by atoms with Crippen molar-refractivity contribution in [3.8, 4) is 0 Å². The molecule has 0 aliphatic carbocycles. The van der Waals surface area contributed by atoms with Crippen molar-refractivity contribution in [3.05, 3.63) is 17.6 Å². The summed E-state index contributed by atoms with van der Waals surface area (Å²) in [7, 11) is -0.779. The highest BCUT2D eigenvalue weighted by Gasteiger charge is 2.26. The van der Waals surface area contributed by atoms with Gasteiger partial charge in [-0.1, -0.05) is 19.8 Å². The van der Waals surface area contributed by atoms with Gasteiger partial charge in [0.25, 0.3) is 5.91 Å². The van der Waals surface area contributed by atoms with E-state index in [-0.39, 0.29) is 22.5 Å². The molecular weight excluding hydrogens is 306 g/mol. The fourth-order valence-corrected chi connectivity index (χ4v) is 3.04. The van der Waals surface area contributed by atoms with Gasteiger partial charge in [-0.15, -0.1) is 0 Å². The number of unbranched alkanes of at least 4 members (excludes halogenated alkanes) is 1. The Bertz CT molecular complexity index is 608. The summed E-state index contributed by atoms with van der Waals surface area (Å²) in [5.74, 6) is -0.278. The Hall–Kier alpha value is -1.38. The van der Waals surface area contributed by atoms with Crippen LogP contribution in [0.15, 0.2) is 15.4 Å². The Balaban J connectivity index is 2.93. The molecule has 0 aliphatic heterocycles. The van der Waals surface area contributed by atoms with Gasteiger partial charge < -0.3 is 15.5 Å². The molecule has 3 N–H and O–H groups in total. The smallest absolute Gasteiger partial charge is 0.287 e. The molecule has 0 aromatic carbocycles. The molecule has 1 rings (SSSR count). The summed E-state index contributed by atoms with van der Waals surface area (Å²) in [4.78, 5) is 12.2. The van der Waals surface area contributed by atoms with Gasteiger partial charge in [-0.25, -0.2) is 12.7 Å². The van der Waals surface area contributed by atoms with E-state index in [1.807, 2.05) is 0 Å². The molecule has 1 atom stereocenters. The summed E-state index contributed by atoms with van der Waals surface area (Å²) in [5.41, 5.74) is 5.64. The number of nitrogens with two attached hydrogens (primary N) is 1. The molecule has 1 amide bonds. The molecule has 1 aromatic heterocycles. The third-order valence-corrected chi connectivity index (χ3v) is 5.30. The van der Waals surface area contributed by atoms with Gasteiger partial charge >= 0.3 is 0 Å². The number of sulfonamides is 1. The highest BCUT2D eigenvalue weighted by atomic mass is 32.2. The normalized spacial score (nSPS) is 13.4. The number of amides is 1. The number of aryl methyl sites for hydroxylation is 1. The van der Waals surface area contributed by atoms with Crippen LogP contribution in [0.2, 0.25) is 0 Å². The predicted molar refractivity (Wildman–Crippen MR) is 84.2 cm³/mol. The van der Waals surface area contributed by atoms with Crippen LogP contribution in [0.3, 0.4) is 0 Å². The third-order valence-electron chi connectivity index (χ3n) is 3.38. The van der Waals surface area contributed by atoms with Crippen LogP contribution >= 0.6 is 0 Å². The van der Waals surface area contributed by atoms with E-state index in [0.717, 1.165) is 23.6 Å². The molecule has 1 heterocycles. The molecule has 0 spiro atoms. The maximum atomic E-state index is 12.2. The van der Waals surface area contributed by atoms with E-state index in [1.54, 1.807) is 0 Å². The molecule has 126 valence electrons. The average Bonchev–Trinajstić information content (AvgIpc) is 2.85. The summed E-state index contributed by atoms with van der Waals surface area (Å²) in [6.07, 6.45) is 2.75. The van der Waals surface area contributed by atoms with Crippen LogP contribution in [-0.2, 0) is 10.0 Å². The first-order valence-corrected chi connectivity index (χ1v) is 8.71. The molecule has 0 saturated heterocycles. The number of furan rings is 1. The van der Waals surface area contributed by atoms with Gasteiger partial charge in [0, 0.05) is 32.7 Å². The molecule has 0 fully saturated rings. The number of hydrogen-bond donors (Lipinski definition) is 2. The topological polar surface area (TPSA) is 106 Å². The number of nitrogens with zero attached hydrogens (tertiary/aromatic N) is 1. The number of carbonyl (C=O) groups is 1. The van der Waals surface area contributed by atoms with Crippen molar-refractivity contribution in [3.63, 3.8) is 0 Å². The summed E-state index contributed by atoms with van der Waals surface area (Å²) < 4.78 is 30.6. The van der Waals surface area contributed by atoms with Crippen LogP contribution in [0.5, 0.6) is 0 Å². The van der Waals surface area contributed by atoms with Crippen LogP contribution in [-0.4, -0.2) is 45.3 Å². The minimum atomic E-state index is -3.63. The van der Waals surface area contributed by atoms with E-state index in [9.17, 15) is 13.2 Å². The van der Waals surface area contributed by atoms with Crippen LogP contribution in [0.25, 0.3) is 0 Å². The number of nitrogens with one attached hydrogen (secondary N) is 1. The van der Waals surface area contributed by atoms with E-state index in [1.165, 1.54) is 27.1 Å². The molecule has 8 heteroatoms. The maximum Gasteiger partial charge on any atom is 0.287 e. The zero-order chi connectivity index (χ0) is 16.9. The summed E-state index contributed by atoms with van der Waals surface area (Å²) in [5, 5.41) is 2.77. The first-order valence-electron chi connectivity index (χ1n) is 7.27. The van der Waals surface area contributed by atoms with Gasteiger partial charge in [-0.2, -0.15) is 0 Å². The molecule has 1 aromatic rings. The van der Waals surface area contributed by atoms with Crippen molar-refractivity contribution in [2.45, 2.75) is 44.0 Å². The second kappa shape index (κ2) is 7.75. The summed E-state index contributed by atoms with van der Waals surface area (Å²) >= 11 is 0. The van der Waals surface area contributed by atoms with E-state index in [4.69, 9.17) is 10.2 Å². The first kappa shape index (κ1) is 18.7. The monoisotopic (exact) mass is 331 g/mol. The lowest BCUT2D eigenvalue weighted by molar-refractivity contribution is 0.0906. The summed E-state index contributed by atoms with van der Waals surface area (Å²) in [6.45, 7) is 3.91. The van der Waals surface area contributed by atoms with Crippen LogP contribution in [0.4, 0.5) is 0 Å². The van der Waals surface area contributed by atoms with Gasteiger partial charge in [0.05, 0.1) is 0 Å². The number of carbonyl (C=O) groups excluding carboxylic acids is 1. The van der Waals surface area contributed by atoms with Crippen molar-refractivity contribution in [1.82, 2.24) is 9.62 Å². The second-order valence-electron chi connectivity index (χ2n) is 5.37. The van der Waals surface area contributed by atoms with Gasteiger partial charge in [-0.05, 0) is 13.3 Å². The maximum absolute atomic E-state index is 12.2. The number of hydrogen-bond acceptors (Lipinski definition) is 5. The largest absolute Gasteiger partial charge is 0.455 e. The standard InChI is InChI=1S/C14H25N3O4S/c1-5-6-7-11(9-15)16-14(18)12-8-13(10(2)21-12)22(19,20)17(3)4/h8,11H,5-7,9,15H2,1-4H3,(H,16,18). The van der Waals surface area contributed by atoms with E-state index < -0.39 is 15.9 Å². The van der Waals surface area contributed by atoms with E-state index >= 15 is 0 Å². The van der Waals surface area contributed by atoms with Crippen molar-refractivity contribution < 1.29 is 17.6 Å². The van der Waals surface area contributed by atoms with Crippen LogP contribution < -0.4 is 11.1 Å². The SMILES string of the molecule is CCCCC(CN)NC(=O)c1cc(S(=O)(=O)N(C)C)c(C)o1. The highest BCUT2D eigenvalue weighted by molar-refractivity contribution is 7.89. The molecular formula is C14H25N3O4S. The van der Waals surface area contributed by atoms with Gasteiger partial charge in [0.15, 0.2) is 5.76 Å². The van der Waals surface area contributed by atoms with Crippen molar-refractivity contribution in [2.24, 2.45) is 5.73 Å². The zero-order valence-corrected chi connectivity index (χ0v) is 14.4. The van der Waals surface area contributed by atoms with E-state index in [0.29, 0.717) is 6.54 Å². The lowest BCUT2D eigenvalue weighted by atomic mass is 10.1. The van der Waals surface area contributed by atoms with Gasteiger partial charge in [0.2, 0.25) is 10.0 Å². The first-order chi connectivity index (χ1) is 10.2. The average molecular weight is 331 g/mol. The zero-order valence-electron chi connectivity index (χ0n) is 13.5. The third kappa shape index (κ3) is 4.31. The Morgan fingerprint density at radius 1 is 1.45 bits per heavy atom. The molecule has 0 saturated carbocycles. The lowest BCUT2D eigenvalue weighted by Gasteiger charge is -2.15. The van der Waals surface area contributed by atoms with Gasteiger partial charge in [0.1, 0.15) is 10.7 Å². The van der Waals surface area contributed by atoms with Crippen LogP contribution in [0, 0.1) is 6.92 Å². The molecule has 0 aliphatic rings. The van der Waals surface area contributed by atoms with Crippen molar-refractivity contribution in [1.29, 1.82) is 0 Å². The quantitative estimate of drug-likeness (QED) is 0.741. The Labute approximate surface area is 131 Å². The minimum absolute atomic E-state index is 0.000469. The minimum Gasteiger partial charge on any atom is -0.455 e. The van der Waals surface area contributed by atoms with Crippen LogP contribution in [0.1, 0.15) is 42.5 Å². The fraction of sp³-hybridized carbons (Fsp3) is 0.643. The molecule has 0 bridgehead atoms. The molecule has 0 radical (unpaired) electrons. The Kier molecular flexibility index (Phi) is 6.58. The number of rotatable bonds is 8. The van der Waals surface area contributed by atoms with Crippen molar-refractivity contribution >= 4 is 15.9 Å². The van der Waals surface area contributed by atoms with Crippen molar-refractivity contribution in [2.75, 3.05) is 20.6 Å². The Morgan fingerprint density at radius 2 is 2.09 bits per heavy atom. The lowest BCUT2D eigenvalue weighted by Crippen LogP contribution is -2.40. The highest BCUT2D eigenvalue weighted by Crippen LogP contribution is 2.22. The summed E-state index contributed by atoms with van der Waals surface area (Å²) in [6, 6.07) is 1.11. The van der Waals surface area contributed by atoms with E-state index in [2.05, 4.69) is 12.2 Å². The molecule has 1 unspecified atom stereocenters. The fourth-order valence-electron chi connectivity index (χ4n) is 1.99. The predicted octanol–water partition coefficient (Wildman–Crippen LogP) is 1.09. The molecule has 7 nitrogen and oxygen atoms in total. The van der Waals surface area contributed by atoms with Gasteiger partial charge in [-0.3, -0.25) is 4.79 Å². The second-order valence-corrected chi connectivity index (χ2v) is 7.49. The molecule has 22 heavy (non-hydrogen) atoms.